The molecule has 0 aromatic carbocycles. The Morgan fingerprint density at radius 1 is 1.53 bits per heavy atom. The van der Waals surface area contributed by atoms with E-state index in [9.17, 15) is 4.79 Å². The van der Waals surface area contributed by atoms with Gasteiger partial charge in [0.2, 0.25) is 0 Å². The molecular weight excluding hydrogens is 188 g/mol. The van der Waals surface area contributed by atoms with E-state index in [0.717, 1.165) is 18.4 Å². The smallest absolute Gasteiger partial charge is 0.333 e. The van der Waals surface area contributed by atoms with Crippen LogP contribution in [-0.4, -0.2) is 12.6 Å². The first-order chi connectivity index (χ1) is 6.95. The largest absolute Gasteiger partial charge is 0.463 e. The first-order valence-electron chi connectivity index (χ1n) is 5.81. The summed E-state index contributed by atoms with van der Waals surface area (Å²) >= 11 is 0. The summed E-state index contributed by atoms with van der Waals surface area (Å²) in [6, 6.07) is 0. The van der Waals surface area contributed by atoms with Crippen molar-refractivity contribution in [2.45, 2.75) is 47.0 Å². The van der Waals surface area contributed by atoms with Gasteiger partial charge in [-0.3, -0.25) is 0 Å². The zero-order valence-electron chi connectivity index (χ0n) is 10.3. The lowest BCUT2D eigenvalue weighted by atomic mass is 9.72. The molecule has 1 rings (SSSR count). The molecule has 0 saturated carbocycles. The SMILES string of the molecule is CCOC(=O)C1=CCCC(C(C)(C)C)C1. The van der Waals surface area contributed by atoms with Crippen LogP contribution in [0.15, 0.2) is 11.6 Å². The maximum absolute atomic E-state index is 11.6. The summed E-state index contributed by atoms with van der Waals surface area (Å²) in [5, 5.41) is 0. The Hall–Kier alpha value is -0.790. The molecule has 15 heavy (non-hydrogen) atoms. The van der Waals surface area contributed by atoms with Crippen LogP contribution in [0.5, 0.6) is 0 Å². The molecule has 86 valence electrons. The molecule has 0 aromatic heterocycles. The zero-order valence-corrected chi connectivity index (χ0v) is 10.3. The van der Waals surface area contributed by atoms with Crippen LogP contribution in [0.2, 0.25) is 0 Å². The van der Waals surface area contributed by atoms with Gasteiger partial charge in [0.05, 0.1) is 6.61 Å². The minimum absolute atomic E-state index is 0.119. The number of hydrogen-bond donors (Lipinski definition) is 0. The highest BCUT2D eigenvalue weighted by molar-refractivity contribution is 5.88. The van der Waals surface area contributed by atoms with Gasteiger partial charge in [-0.2, -0.15) is 0 Å². The molecule has 0 heterocycles. The number of carbonyl (C=O) groups excluding carboxylic acids is 1. The monoisotopic (exact) mass is 210 g/mol. The molecule has 0 amide bonds. The third-order valence-electron chi connectivity index (χ3n) is 3.13. The fourth-order valence-corrected chi connectivity index (χ4v) is 2.04. The summed E-state index contributed by atoms with van der Waals surface area (Å²) in [5.74, 6) is 0.480. The third kappa shape index (κ3) is 3.37. The van der Waals surface area contributed by atoms with E-state index in [0.29, 0.717) is 12.5 Å². The number of ether oxygens (including phenoxy) is 1. The Morgan fingerprint density at radius 3 is 2.73 bits per heavy atom. The van der Waals surface area contributed by atoms with Crippen LogP contribution < -0.4 is 0 Å². The molecule has 0 aliphatic heterocycles. The fourth-order valence-electron chi connectivity index (χ4n) is 2.04. The van der Waals surface area contributed by atoms with Gasteiger partial charge in [-0.15, -0.1) is 0 Å². The standard InChI is InChI=1S/C13H22O2/c1-5-15-12(14)10-7-6-8-11(9-10)13(2,3)4/h7,11H,5-6,8-9H2,1-4H3. The zero-order chi connectivity index (χ0) is 11.5. The number of hydrogen-bond acceptors (Lipinski definition) is 2. The number of esters is 1. The average Bonchev–Trinajstić information content (AvgIpc) is 2.17. The van der Waals surface area contributed by atoms with Gasteiger partial charge in [0.1, 0.15) is 0 Å². The fraction of sp³-hybridized carbons (Fsp3) is 0.769. The van der Waals surface area contributed by atoms with Crippen LogP contribution in [0, 0.1) is 11.3 Å². The van der Waals surface area contributed by atoms with E-state index < -0.39 is 0 Å². The van der Waals surface area contributed by atoms with Crippen molar-refractivity contribution in [3.05, 3.63) is 11.6 Å². The Morgan fingerprint density at radius 2 is 2.20 bits per heavy atom. The topological polar surface area (TPSA) is 26.3 Å². The maximum atomic E-state index is 11.6. The molecule has 0 radical (unpaired) electrons. The van der Waals surface area contributed by atoms with E-state index in [1.165, 1.54) is 6.42 Å². The Kier molecular flexibility index (Phi) is 3.95. The quantitative estimate of drug-likeness (QED) is 0.653. The van der Waals surface area contributed by atoms with E-state index in [1.54, 1.807) is 0 Å². The molecule has 1 aliphatic rings. The molecule has 0 spiro atoms. The second-order valence-electron chi connectivity index (χ2n) is 5.29. The molecule has 0 aromatic rings. The molecule has 0 N–H and O–H groups in total. The van der Waals surface area contributed by atoms with Gasteiger partial charge in [0.15, 0.2) is 0 Å². The maximum Gasteiger partial charge on any atom is 0.333 e. The highest BCUT2D eigenvalue weighted by Crippen LogP contribution is 2.37. The number of carbonyl (C=O) groups is 1. The van der Waals surface area contributed by atoms with Gasteiger partial charge in [-0.05, 0) is 37.5 Å². The van der Waals surface area contributed by atoms with Crippen LogP contribution in [0.3, 0.4) is 0 Å². The van der Waals surface area contributed by atoms with Crippen LogP contribution >= 0.6 is 0 Å². The normalized spacial score (nSPS) is 22.1. The summed E-state index contributed by atoms with van der Waals surface area (Å²) in [7, 11) is 0. The van der Waals surface area contributed by atoms with Gasteiger partial charge in [0.25, 0.3) is 0 Å². The molecule has 0 bridgehead atoms. The summed E-state index contributed by atoms with van der Waals surface area (Å²) in [6.45, 7) is 9.04. The number of rotatable bonds is 2. The van der Waals surface area contributed by atoms with E-state index >= 15 is 0 Å². The van der Waals surface area contributed by atoms with E-state index in [2.05, 4.69) is 20.8 Å². The summed E-state index contributed by atoms with van der Waals surface area (Å²) in [5.41, 5.74) is 1.16. The van der Waals surface area contributed by atoms with Gasteiger partial charge < -0.3 is 4.74 Å². The minimum Gasteiger partial charge on any atom is -0.463 e. The molecule has 0 fully saturated rings. The van der Waals surface area contributed by atoms with Crippen molar-refractivity contribution < 1.29 is 9.53 Å². The molecular formula is C13H22O2. The van der Waals surface area contributed by atoms with Crippen molar-refractivity contribution in [1.29, 1.82) is 0 Å². The van der Waals surface area contributed by atoms with Gasteiger partial charge in [-0.25, -0.2) is 4.79 Å². The summed E-state index contributed by atoms with van der Waals surface area (Å²) in [4.78, 5) is 11.6. The van der Waals surface area contributed by atoms with Crippen molar-refractivity contribution in [3.63, 3.8) is 0 Å². The van der Waals surface area contributed by atoms with Crippen LogP contribution in [0.1, 0.15) is 47.0 Å². The van der Waals surface area contributed by atoms with Crippen molar-refractivity contribution in [3.8, 4) is 0 Å². The van der Waals surface area contributed by atoms with Gasteiger partial charge >= 0.3 is 5.97 Å². The van der Waals surface area contributed by atoms with Crippen LogP contribution in [-0.2, 0) is 9.53 Å². The molecule has 1 aliphatic carbocycles. The van der Waals surface area contributed by atoms with Crippen molar-refractivity contribution >= 4 is 5.97 Å². The second kappa shape index (κ2) is 4.82. The lowest BCUT2D eigenvalue weighted by Crippen LogP contribution is -2.25. The predicted octanol–water partition coefficient (Wildman–Crippen LogP) is 3.32. The first-order valence-corrected chi connectivity index (χ1v) is 5.81. The third-order valence-corrected chi connectivity index (χ3v) is 3.13. The summed E-state index contributed by atoms with van der Waals surface area (Å²) < 4.78 is 5.04. The van der Waals surface area contributed by atoms with Crippen molar-refractivity contribution in [1.82, 2.24) is 0 Å². The lowest BCUT2D eigenvalue weighted by Gasteiger charge is -2.33. The first kappa shape index (κ1) is 12.3. The Bertz CT molecular complexity index is 258. The number of allylic oxidation sites excluding steroid dienone is 1. The summed E-state index contributed by atoms with van der Waals surface area (Å²) in [6.07, 6.45) is 5.12. The van der Waals surface area contributed by atoms with Crippen LogP contribution in [0.4, 0.5) is 0 Å². The molecule has 2 heteroatoms. The predicted molar refractivity (Wildman–Crippen MR) is 61.5 cm³/mol. The Balaban J connectivity index is 2.63. The minimum atomic E-state index is -0.119. The van der Waals surface area contributed by atoms with Crippen LogP contribution in [0.25, 0.3) is 0 Å². The van der Waals surface area contributed by atoms with E-state index in [1.807, 2.05) is 13.0 Å². The molecule has 1 atom stereocenters. The molecule has 1 unspecified atom stereocenters. The van der Waals surface area contributed by atoms with Crippen molar-refractivity contribution in [2.75, 3.05) is 6.61 Å². The Labute approximate surface area is 92.7 Å². The van der Waals surface area contributed by atoms with E-state index in [-0.39, 0.29) is 11.4 Å². The highest BCUT2D eigenvalue weighted by Gasteiger charge is 2.29. The average molecular weight is 210 g/mol. The molecule has 2 nitrogen and oxygen atoms in total. The molecule has 0 saturated heterocycles. The van der Waals surface area contributed by atoms with E-state index in [4.69, 9.17) is 4.74 Å². The van der Waals surface area contributed by atoms with Crippen molar-refractivity contribution in [2.24, 2.45) is 11.3 Å². The second-order valence-corrected chi connectivity index (χ2v) is 5.29. The van der Waals surface area contributed by atoms with Gasteiger partial charge in [0, 0.05) is 5.57 Å². The lowest BCUT2D eigenvalue weighted by molar-refractivity contribution is -0.139. The van der Waals surface area contributed by atoms with Gasteiger partial charge in [-0.1, -0.05) is 26.8 Å². The highest BCUT2D eigenvalue weighted by atomic mass is 16.5.